The van der Waals surface area contributed by atoms with Crippen LogP contribution in [0, 0.1) is 0 Å². The minimum atomic E-state index is 0.616. The Balaban J connectivity index is 2.14. The van der Waals surface area contributed by atoms with E-state index in [0.29, 0.717) is 6.04 Å². The Hall–Kier alpha value is -0.340. The van der Waals surface area contributed by atoms with Crippen molar-refractivity contribution in [2.75, 3.05) is 6.54 Å². The van der Waals surface area contributed by atoms with Crippen molar-refractivity contribution in [1.29, 1.82) is 0 Å². The lowest BCUT2D eigenvalue weighted by molar-refractivity contribution is 0.534. The van der Waals surface area contributed by atoms with E-state index in [4.69, 9.17) is 0 Å². The molecule has 0 fully saturated rings. The summed E-state index contributed by atoms with van der Waals surface area (Å²) in [6, 6.07) is 4.95. The summed E-state index contributed by atoms with van der Waals surface area (Å²) < 4.78 is 0. The van der Waals surface area contributed by atoms with E-state index >= 15 is 0 Å². The summed E-state index contributed by atoms with van der Waals surface area (Å²) in [5.41, 5.74) is 0. The normalized spacial score (nSPS) is 13.1. The van der Waals surface area contributed by atoms with Gasteiger partial charge in [0.1, 0.15) is 0 Å². The van der Waals surface area contributed by atoms with Crippen LogP contribution < -0.4 is 5.32 Å². The van der Waals surface area contributed by atoms with Gasteiger partial charge in [0.05, 0.1) is 0 Å². The first-order chi connectivity index (χ1) is 6.33. The molecule has 0 aromatic carbocycles. The number of nitrogens with one attached hydrogen (secondary N) is 1. The Morgan fingerprint density at radius 2 is 2.38 bits per heavy atom. The highest BCUT2D eigenvalue weighted by atomic mass is 32.1. The quantitative estimate of drug-likeness (QED) is 0.691. The predicted octanol–water partition coefficient (Wildman–Crippen LogP) is 3.07. The molecule has 0 aliphatic carbocycles. The zero-order valence-corrected chi connectivity index (χ0v) is 9.36. The highest BCUT2D eigenvalue weighted by Gasteiger charge is 2.02. The summed E-state index contributed by atoms with van der Waals surface area (Å²) in [6.45, 7) is 5.64. The van der Waals surface area contributed by atoms with Crippen LogP contribution in [0.2, 0.25) is 0 Å². The number of rotatable bonds is 6. The largest absolute Gasteiger partial charge is 0.314 e. The molecule has 0 aliphatic heterocycles. The van der Waals surface area contributed by atoms with Gasteiger partial charge < -0.3 is 5.32 Å². The first-order valence-corrected chi connectivity index (χ1v) is 5.96. The topological polar surface area (TPSA) is 12.0 Å². The van der Waals surface area contributed by atoms with Gasteiger partial charge >= 0.3 is 0 Å². The molecule has 1 heterocycles. The molecule has 0 aliphatic rings. The highest BCUT2D eigenvalue weighted by molar-refractivity contribution is 7.09. The predicted molar refractivity (Wildman–Crippen MR) is 60.4 cm³/mol. The van der Waals surface area contributed by atoms with Crippen molar-refractivity contribution < 1.29 is 0 Å². The van der Waals surface area contributed by atoms with Crippen LogP contribution in [0.5, 0.6) is 0 Å². The molecule has 0 saturated heterocycles. The third-order valence-electron chi connectivity index (χ3n) is 2.11. The van der Waals surface area contributed by atoms with Gasteiger partial charge in [0, 0.05) is 10.9 Å². The van der Waals surface area contributed by atoms with Crippen LogP contribution in [0.1, 0.15) is 31.6 Å². The summed E-state index contributed by atoms with van der Waals surface area (Å²) in [4.78, 5) is 1.48. The molecule has 2 heteroatoms. The number of thiophene rings is 1. The smallest absolute Gasteiger partial charge is 0.00870 e. The molecule has 1 N–H and O–H groups in total. The lowest BCUT2D eigenvalue weighted by atomic mass is 10.2. The maximum atomic E-state index is 3.53. The van der Waals surface area contributed by atoms with Crippen molar-refractivity contribution >= 4 is 11.3 Å². The van der Waals surface area contributed by atoms with E-state index in [1.807, 2.05) is 11.3 Å². The van der Waals surface area contributed by atoms with Crippen LogP contribution >= 0.6 is 11.3 Å². The zero-order valence-electron chi connectivity index (χ0n) is 8.55. The van der Waals surface area contributed by atoms with Gasteiger partial charge in [-0.05, 0) is 37.8 Å². The Kier molecular flexibility index (Phi) is 5.09. The van der Waals surface area contributed by atoms with Crippen molar-refractivity contribution in [3.05, 3.63) is 22.4 Å². The van der Waals surface area contributed by atoms with Gasteiger partial charge in [0.15, 0.2) is 0 Å². The molecule has 1 rings (SSSR count). The fourth-order valence-corrected chi connectivity index (χ4v) is 2.16. The van der Waals surface area contributed by atoms with E-state index < -0.39 is 0 Å². The standard InChI is InChI=1S/C11H19NS/c1-3-4-7-12-10(2)9-11-6-5-8-13-11/h5-6,8,10,12H,3-4,7,9H2,1-2H3. The van der Waals surface area contributed by atoms with Crippen molar-refractivity contribution in [1.82, 2.24) is 5.32 Å². The monoisotopic (exact) mass is 197 g/mol. The molecule has 0 saturated carbocycles. The fraction of sp³-hybridized carbons (Fsp3) is 0.636. The second kappa shape index (κ2) is 6.17. The van der Waals surface area contributed by atoms with Crippen LogP contribution in [0.3, 0.4) is 0 Å². The third-order valence-corrected chi connectivity index (χ3v) is 3.01. The van der Waals surface area contributed by atoms with Gasteiger partial charge in [-0.25, -0.2) is 0 Å². The summed E-state index contributed by atoms with van der Waals surface area (Å²) in [5.74, 6) is 0. The van der Waals surface area contributed by atoms with Gasteiger partial charge in [-0.15, -0.1) is 11.3 Å². The molecule has 1 nitrogen and oxygen atoms in total. The van der Waals surface area contributed by atoms with E-state index in [1.54, 1.807) is 0 Å². The summed E-state index contributed by atoms with van der Waals surface area (Å²) in [5, 5.41) is 5.68. The first-order valence-electron chi connectivity index (χ1n) is 5.08. The molecule has 1 aromatic rings. The zero-order chi connectivity index (χ0) is 9.52. The van der Waals surface area contributed by atoms with Crippen LogP contribution in [-0.4, -0.2) is 12.6 Å². The minimum Gasteiger partial charge on any atom is -0.314 e. The second-order valence-corrected chi connectivity index (χ2v) is 4.52. The van der Waals surface area contributed by atoms with Gasteiger partial charge in [0.2, 0.25) is 0 Å². The molecule has 74 valence electrons. The molecular formula is C11H19NS. The number of hydrogen-bond acceptors (Lipinski definition) is 2. The lowest BCUT2D eigenvalue weighted by Crippen LogP contribution is -2.28. The van der Waals surface area contributed by atoms with E-state index in [1.165, 1.54) is 24.1 Å². The lowest BCUT2D eigenvalue weighted by Gasteiger charge is -2.11. The molecule has 0 bridgehead atoms. The van der Waals surface area contributed by atoms with Gasteiger partial charge in [-0.3, -0.25) is 0 Å². The molecule has 0 spiro atoms. The van der Waals surface area contributed by atoms with Gasteiger partial charge in [0.25, 0.3) is 0 Å². The SMILES string of the molecule is CCCCNC(C)Cc1cccs1. The van der Waals surface area contributed by atoms with Crippen LogP contribution in [-0.2, 0) is 6.42 Å². The molecule has 0 amide bonds. The number of unbranched alkanes of at least 4 members (excludes halogenated alkanes) is 1. The van der Waals surface area contributed by atoms with Crippen LogP contribution in [0.25, 0.3) is 0 Å². The van der Waals surface area contributed by atoms with E-state index in [-0.39, 0.29) is 0 Å². The molecule has 1 aromatic heterocycles. The van der Waals surface area contributed by atoms with Crippen LogP contribution in [0.15, 0.2) is 17.5 Å². The Morgan fingerprint density at radius 1 is 1.54 bits per heavy atom. The summed E-state index contributed by atoms with van der Waals surface area (Å²) in [7, 11) is 0. The molecule has 0 radical (unpaired) electrons. The molecule has 1 unspecified atom stereocenters. The minimum absolute atomic E-state index is 0.616. The van der Waals surface area contributed by atoms with Gasteiger partial charge in [-0.1, -0.05) is 19.4 Å². The fourth-order valence-electron chi connectivity index (χ4n) is 1.33. The van der Waals surface area contributed by atoms with Crippen molar-refractivity contribution in [2.45, 2.75) is 39.2 Å². The maximum absolute atomic E-state index is 3.53. The van der Waals surface area contributed by atoms with E-state index in [2.05, 4.69) is 36.7 Å². The first kappa shape index (κ1) is 10.7. The Labute approximate surface area is 85.2 Å². The van der Waals surface area contributed by atoms with E-state index in [0.717, 1.165) is 6.54 Å². The third kappa shape index (κ3) is 4.44. The number of hydrogen-bond donors (Lipinski definition) is 1. The average molecular weight is 197 g/mol. The van der Waals surface area contributed by atoms with Crippen LogP contribution in [0.4, 0.5) is 0 Å². The average Bonchev–Trinajstić information content (AvgIpc) is 2.57. The second-order valence-electron chi connectivity index (χ2n) is 3.49. The van der Waals surface area contributed by atoms with E-state index in [9.17, 15) is 0 Å². The van der Waals surface area contributed by atoms with Gasteiger partial charge in [-0.2, -0.15) is 0 Å². The maximum Gasteiger partial charge on any atom is 0.00870 e. The summed E-state index contributed by atoms with van der Waals surface area (Å²) >= 11 is 1.85. The van der Waals surface area contributed by atoms with Crippen molar-refractivity contribution in [3.63, 3.8) is 0 Å². The summed E-state index contributed by atoms with van der Waals surface area (Å²) in [6.07, 6.45) is 3.73. The Morgan fingerprint density at radius 3 is 3.00 bits per heavy atom. The van der Waals surface area contributed by atoms with Crippen molar-refractivity contribution in [3.8, 4) is 0 Å². The molecular weight excluding hydrogens is 178 g/mol. The van der Waals surface area contributed by atoms with Crippen molar-refractivity contribution in [2.24, 2.45) is 0 Å². The molecule has 13 heavy (non-hydrogen) atoms. The molecule has 1 atom stereocenters. The Bertz CT molecular complexity index is 206. The highest BCUT2D eigenvalue weighted by Crippen LogP contribution is 2.10.